The molecule has 0 unspecified atom stereocenters. The van der Waals surface area contributed by atoms with Gasteiger partial charge in [-0.25, -0.2) is 0 Å². The standard InChI is InChI=1S/C17H10N2O/c18-9-11-1-3-13-5-6-14-4-2-12(10-19)8-16(14)17(20)15(13)7-11/h1-4,7-8H,5-6H2. The third-order valence-corrected chi connectivity index (χ3v) is 3.63. The summed E-state index contributed by atoms with van der Waals surface area (Å²) in [6.45, 7) is 0. The number of nitriles is 2. The van der Waals surface area contributed by atoms with E-state index in [0.717, 1.165) is 24.0 Å². The molecule has 0 fully saturated rings. The fourth-order valence-electron chi connectivity index (χ4n) is 2.57. The number of hydrogen-bond donors (Lipinski definition) is 0. The zero-order chi connectivity index (χ0) is 14.1. The predicted molar refractivity (Wildman–Crippen MR) is 73.2 cm³/mol. The minimum Gasteiger partial charge on any atom is -0.289 e. The molecule has 3 heteroatoms. The fraction of sp³-hybridized carbons (Fsp3) is 0.118. The van der Waals surface area contributed by atoms with Gasteiger partial charge in [-0.3, -0.25) is 4.79 Å². The maximum atomic E-state index is 12.6. The van der Waals surface area contributed by atoms with Crippen molar-refractivity contribution in [1.82, 2.24) is 0 Å². The van der Waals surface area contributed by atoms with Crippen molar-refractivity contribution in [1.29, 1.82) is 10.5 Å². The van der Waals surface area contributed by atoms with Gasteiger partial charge >= 0.3 is 0 Å². The van der Waals surface area contributed by atoms with E-state index in [1.165, 1.54) is 0 Å². The Morgan fingerprint density at radius 1 is 0.800 bits per heavy atom. The van der Waals surface area contributed by atoms with E-state index < -0.39 is 0 Å². The first-order valence-electron chi connectivity index (χ1n) is 6.33. The molecule has 2 aromatic rings. The number of aryl methyl sites for hydroxylation is 2. The van der Waals surface area contributed by atoms with Crippen LogP contribution in [0, 0.1) is 22.7 Å². The average Bonchev–Trinajstić information content (AvgIpc) is 2.64. The molecule has 1 aliphatic rings. The van der Waals surface area contributed by atoms with E-state index in [4.69, 9.17) is 10.5 Å². The summed E-state index contributed by atoms with van der Waals surface area (Å²) < 4.78 is 0. The van der Waals surface area contributed by atoms with Crippen LogP contribution in [0.1, 0.15) is 38.2 Å². The molecule has 20 heavy (non-hydrogen) atoms. The van der Waals surface area contributed by atoms with Crippen LogP contribution in [-0.4, -0.2) is 5.78 Å². The van der Waals surface area contributed by atoms with Crippen molar-refractivity contribution >= 4 is 5.78 Å². The molecular formula is C17H10N2O. The molecule has 2 aromatic carbocycles. The number of rotatable bonds is 0. The largest absolute Gasteiger partial charge is 0.289 e. The third-order valence-electron chi connectivity index (χ3n) is 3.63. The molecule has 0 heterocycles. The summed E-state index contributed by atoms with van der Waals surface area (Å²) in [5.74, 6) is -0.0956. The van der Waals surface area contributed by atoms with E-state index in [0.29, 0.717) is 22.3 Å². The number of benzene rings is 2. The van der Waals surface area contributed by atoms with Gasteiger partial charge in [-0.1, -0.05) is 12.1 Å². The van der Waals surface area contributed by atoms with Crippen molar-refractivity contribution in [2.75, 3.05) is 0 Å². The molecule has 0 bridgehead atoms. The average molecular weight is 258 g/mol. The zero-order valence-electron chi connectivity index (χ0n) is 10.7. The molecule has 0 saturated heterocycles. The normalized spacial score (nSPS) is 12.6. The molecule has 0 aliphatic heterocycles. The van der Waals surface area contributed by atoms with Crippen molar-refractivity contribution in [2.24, 2.45) is 0 Å². The van der Waals surface area contributed by atoms with E-state index in [-0.39, 0.29) is 5.78 Å². The van der Waals surface area contributed by atoms with Gasteiger partial charge in [-0.05, 0) is 48.2 Å². The van der Waals surface area contributed by atoms with Crippen LogP contribution in [-0.2, 0) is 12.8 Å². The zero-order valence-corrected chi connectivity index (χ0v) is 10.7. The van der Waals surface area contributed by atoms with Gasteiger partial charge in [0.1, 0.15) is 0 Å². The van der Waals surface area contributed by atoms with E-state index in [1.807, 2.05) is 12.1 Å². The van der Waals surface area contributed by atoms with Gasteiger partial charge in [0.05, 0.1) is 23.3 Å². The number of hydrogen-bond acceptors (Lipinski definition) is 3. The molecular weight excluding hydrogens is 248 g/mol. The van der Waals surface area contributed by atoms with E-state index >= 15 is 0 Å². The molecule has 0 saturated carbocycles. The number of nitrogens with zero attached hydrogens (tertiary/aromatic N) is 2. The lowest BCUT2D eigenvalue weighted by atomic mass is 9.96. The predicted octanol–water partition coefficient (Wildman–Crippen LogP) is 2.76. The fourth-order valence-corrected chi connectivity index (χ4v) is 2.57. The van der Waals surface area contributed by atoms with Crippen LogP contribution >= 0.6 is 0 Å². The second kappa shape index (κ2) is 4.64. The molecule has 0 radical (unpaired) electrons. The number of fused-ring (bicyclic) bond motifs is 2. The van der Waals surface area contributed by atoms with Crippen molar-refractivity contribution in [3.8, 4) is 12.1 Å². The minimum atomic E-state index is -0.0956. The lowest BCUT2D eigenvalue weighted by molar-refractivity contribution is 0.103. The summed E-state index contributed by atoms with van der Waals surface area (Å²) in [5.41, 5.74) is 4.05. The Balaban J connectivity index is 2.21. The summed E-state index contributed by atoms with van der Waals surface area (Å²) in [7, 11) is 0. The number of carbonyl (C=O) groups excluding carboxylic acids is 1. The highest BCUT2D eigenvalue weighted by atomic mass is 16.1. The second-order valence-corrected chi connectivity index (χ2v) is 4.80. The first-order valence-corrected chi connectivity index (χ1v) is 6.33. The summed E-state index contributed by atoms with van der Waals surface area (Å²) in [6, 6.07) is 14.6. The van der Waals surface area contributed by atoms with Crippen molar-refractivity contribution < 1.29 is 4.79 Å². The van der Waals surface area contributed by atoms with Crippen LogP contribution in [0.4, 0.5) is 0 Å². The van der Waals surface area contributed by atoms with Crippen LogP contribution < -0.4 is 0 Å². The van der Waals surface area contributed by atoms with Gasteiger partial charge in [-0.2, -0.15) is 10.5 Å². The molecule has 0 amide bonds. The molecule has 3 nitrogen and oxygen atoms in total. The molecule has 1 aliphatic carbocycles. The maximum absolute atomic E-state index is 12.6. The Morgan fingerprint density at radius 3 is 1.65 bits per heavy atom. The molecule has 3 rings (SSSR count). The number of ketones is 1. The van der Waals surface area contributed by atoms with Crippen LogP contribution in [0.2, 0.25) is 0 Å². The van der Waals surface area contributed by atoms with Crippen LogP contribution in [0.25, 0.3) is 0 Å². The first-order chi connectivity index (χ1) is 9.72. The van der Waals surface area contributed by atoms with Gasteiger partial charge in [0.15, 0.2) is 5.78 Å². The summed E-state index contributed by atoms with van der Waals surface area (Å²) in [4.78, 5) is 12.6. The topological polar surface area (TPSA) is 64.7 Å². The summed E-state index contributed by atoms with van der Waals surface area (Å²) in [6.07, 6.45) is 1.54. The lowest BCUT2D eigenvalue weighted by Crippen LogP contribution is -2.05. The molecule has 0 spiro atoms. The van der Waals surface area contributed by atoms with Crippen LogP contribution in [0.15, 0.2) is 36.4 Å². The third kappa shape index (κ3) is 1.86. The molecule has 94 valence electrons. The van der Waals surface area contributed by atoms with Crippen molar-refractivity contribution in [3.63, 3.8) is 0 Å². The lowest BCUT2D eigenvalue weighted by Gasteiger charge is -2.05. The van der Waals surface area contributed by atoms with Gasteiger partial charge < -0.3 is 0 Å². The van der Waals surface area contributed by atoms with Crippen molar-refractivity contribution in [2.45, 2.75) is 12.8 Å². The van der Waals surface area contributed by atoms with Gasteiger partial charge in [0.2, 0.25) is 0 Å². The quantitative estimate of drug-likeness (QED) is 0.729. The van der Waals surface area contributed by atoms with Crippen molar-refractivity contribution in [3.05, 3.63) is 69.8 Å². The first kappa shape index (κ1) is 12.1. The highest BCUT2D eigenvalue weighted by Crippen LogP contribution is 2.26. The smallest absolute Gasteiger partial charge is 0.193 e. The summed E-state index contributed by atoms with van der Waals surface area (Å²) in [5, 5.41) is 17.9. The monoisotopic (exact) mass is 258 g/mol. The van der Waals surface area contributed by atoms with Gasteiger partial charge in [0.25, 0.3) is 0 Å². The van der Waals surface area contributed by atoms with E-state index in [2.05, 4.69) is 12.1 Å². The van der Waals surface area contributed by atoms with E-state index in [9.17, 15) is 4.79 Å². The number of carbonyl (C=O) groups is 1. The van der Waals surface area contributed by atoms with Gasteiger partial charge in [-0.15, -0.1) is 0 Å². The Labute approximate surface area is 116 Å². The SMILES string of the molecule is N#Cc1ccc2c(c1)C(=O)c1cc(C#N)ccc1CC2. The van der Waals surface area contributed by atoms with Gasteiger partial charge in [0, 0.05) is 11.1 Å². The van der Waals surface area contributed by atoms with E-state index in [1.54, 1.807) is 24.3 Å². The minimum absolute atomic E-state index is 0.0956. The Bertz CT molecular complexity index is 739. The highest BCUT2D eigenvalue weighted by Gasteiger charge is 2.21. The molecule has 0 atom stereocenters. The summed E-state index contributed by atoms with van der Waals surface area (Å²) >= 11 is 0. The molecule has 0 aromatic heterocycles. The molecule has 0 N–H and O–H groups in total. The maximum Gasteiger partial charge on any atom is 0.193 e. The Hall–Kier alpha value is -2.91. The highest BCUT2D eigenvalue weighted by molar-refractivity contribution is 6.11. The Kier molecular flexibility index (Phi) is 2.82. The second-order valence-electron chi connectivity index (χ2n) is 4.80. The Morgan fingerprint density at radius 2 is 1.25 bits per heavy atom. The van der Waals surface area contributed by atoms with Crippen LogP contribution in [0.5, 0.6) is 0 Å². The van der Waals surface area contributed by atoms with Crippen LogP contribution in [0.3, 0.4) is 0 Å².